The summed E-state index contributed by atoms with van der Waals surface area (Å²) in [6.45, 7) is 2.26. The van der Waals surface area contributed by atoms with Crippen molar-refractivity contribution in [2.24, 2.45) is 5.10 Å². The van der Waals surface area contributed by atoms with Gasteiger partial charge >= 0.3 is 0 Å². The summed E-state index contributed by atoms with van der Waals surface area (Å²) in [7, 11) is -1.28. The lowest BCUT2D eigenvalue weighted by atomic mass is 10.1. The summed E-state index contributed by atoms with van der Waals surface area (Å²) in [6, 6.07) is 15.9. The fraction of sp³-hybridized carbons (Fsp3) is 0.333. The van der Waals surface area contributed by atoms with Crippen LogP contribution in [0.4, 0.5) is 5.69 Å². The SMILES string of the molecule is C[NH+]1CCC(=NNC(=O)c2ccc(CN(c3ccccc3)S(C)(=O)=O)cc2)CC1. The standard InChI is InChI=1S/C21H26N4O3S/c1-24-14-12-19(13-15-24)22-23-21(26)18-10-8-17(9-11-18)16-25(29(2,27)28)20-6-4-3-5-7-20/h3-11H,12-16H2,1-2H3,(H,23,26)/p+1. The molecule has 0 spiro atoms. The smallest absolute Gasteiger partial charge is 0.271 e. The first kappa shape index (κ1) is 21.0. The number of amides is 1. The first-order valence-corrected chi connectivity index (χ1v) is 11.5. The molecule has 2 aromatic rings. The molecule has 154 valence electrons. The third kappa shape index (κ3) is 5.88. The molecule has 0 aromatic heterocycles. The van der Waals surface area contributed by atoms with Crippen LogP contribution in [-0.4, -0.2) is 46.4 Å². The van der Waals surface area contributed by atoms with E-state index in [1.54, 1.807) is 48.5 Å². The van der Waals surface area contributed by atoms with E-state index in [0.717, 1.165) is 37.2 Å². The van der Waals surface area contributed by atoms with Gasteiger partial charge in [0.25, 0.3) is 5.91 Å². The van der Waals surface area contributed by atoms with Crippen LogP contribution in [0.3, 0.4) is 0 Å². The van der Waals surface area contributed by atoms with Crippen molar-refractivity contribution in [1.29, 1.82) is 0 Å². The minimum Gasteiger partial charge on any atom is -0.337 e. The van der Waals surface area contributed by atoms with Crippen LogP contribution in [0.5, 0.6) is 0 Å². The molecule has 1 amide bonds. The summed E-state index contributed by atoms with van der Waals surface area (Å²) in [5.41, 5.74) is 5.53. The maximum absolute atomic E-state index is 12.3. The molecule has 0 unspecified atom stereocenters. The Morgan fingerprint density at radius 3 is 2.28 bits per heavy atom. The minimum absolute atomic E-state index is 0.197. The topological polar surface area (TPSA) is 83.3 Å². The zero-order valence-corrected chi connectivity index (χ0v) is 17.6. The van der Waals surface area contributed by atoms with E-state index >= 15 is 0 Å². The number of hydrogen-bond acceptors (Lipinski definition) is 4. The number of benzene rings is 2. The molecular weight excluding hydrogens is 388 g/mol. The highest BCUT2D eigenvalue weighted by Crippen LogP contribution is 2.20. The molecule has 1 heterocycles. The Morgan fingerprint density at radius 1 is 1.07 bits per heavy atom. The van der Waals surface area contributed by atoms with E-state index in [1.807, 2.05) is 6.07 Å². The van der Waals surface area contributed by atoms with Gasteiger partial charge in [0.05, 0.1) is 38.6 Å². The van der Waals surface area contributed by atoms with Crippen molar-refractivity contribution in [3.63, 3.8) is 0 Å². The molecule has 1 aliphatic rings. The van der Waals surface area contributed by atoms with Gasteiger partial charge in [-0.1, -0.05) is 30.3 Å². The number of carbonyl (C=O) groups excluding carboxylic acids is 1. The number of nitrogens with zero attached hydrogens (tertiary/aromatic N) is 2. The van der Waals surface area contributed by atoms with Crippen molar-refractivity contribution >= 4 is 27.3 Å². The van der Waals surface area contributed by atoms with Crippen molar-refractivity contribution in [2.45, 2.75) is 19.4 Å². The van der Waals surface area contributed by atoms with E-state index in [-0.39, 0.29) is 12.5 Å². The molecular formula is C21H27N4O3S+. The van der Waals surface area contributed by atoms with Crippen LogP contribution >= 0.6 is 0 Å². The second-order valence-electron chi connectivity index (χ2n) is 7.38. The predicted octanol–water partition coefficient (Wildman–Crippen LogP) is 1.05. The normalized spacial score (nSPS) is 16.9. The first-order chi connectivity index (χ1) is 13.8. The number of quaternary nitrogens is 1. The maximum atomic E-state index is 12.3. The highest BCUT2D eigenvalue weighted by molar-refractivity contribution is 7.92. The van der Waals surface area contributed by atoms with Gasteiger partial charge in [0, 0.05) is 24.1 Å². The van der Waals surface area contributed by atoms with E-state index in [1.165, 1.54) is 15.5 Å². The molecule has 2 N–H and O–H groups in total. The number of anilines is 1. The van der Waals surface area contributed by atoms with Gasteiger partial charge in [-0.25, -0.2) is 13.8 Å². The number of sulfonamides is 1. The van der Waals surface area contributed by atoms with Crippen LogP contribution in [0.25, 0.3) is 0 Å². The Labute approximate surface area is 172 Å². The maximum Gasteiger partial charge on any atom is 0.271 e. The molecule has 0 radical (unpaired) electrons. The lowest BCUT2D eigenvalue weighted by molar-refractivity contribution is -0.880. The Bertz CT molecular complexity index is 963. The van der Waals surface area contributed by atoms with Gasteiger partial charge in [0.15, 0.2) is 0 Å². The van der Waals surface area contributed by atoms with Crippen LogP contribution in [-0.2, 0) is 16.6 Å². The van der Waals surface area contributed by atoms with Crippen molar-refractivity contribution in [1.82, 2.24) is 5.43 Å². The summed E-state index contributed by atoms with van der Waals surface area (Å²) < 4.78 is 25.8. The number of nitrogens with one attached hydrogen (secondary N) is 2. The average Bonchev–Trinajstić information content (AvgIpc) is 2.71. The highest BCUT2D eigenvalue weighted by Gasteiger charge is 2.18. The summed E-state index contributed by atoms with van der Waals surface area (Å²) in [4.78, 5) is 13.8. The second-order valence-corrected chi connectivity index (χ2v) is 9.28. The molecule has 3 rings (SSSR count). The molecule has 0 bridgehead atoms. The minimum atomic E-state index is -3.43. The third-order valence-corrected chi connectivity index (χ3v) is 6.12. The lowest BCUT2D eigenvalue weighted by Gasteiger charge is -2.22. The van der Waals surface area contributed by atoms with Gasteiger partial charge in [-0.3, -0.25) is 9.10 Å². The van der Waals surface area contributed by atoms with E-state index in [9.17, 15) is 13.2 Å². The molecule has 1 saturated heterocycles. The van der Waals surface area contributed by atoms with E-state index in [2.05, 4.69) is 17.6 Å². The lowest BCUT2D eigenvalue weighted by Crippen LogP contribution is -3.10. The molecule has 0 atom stereocenters. The third-order valence-electron chi connectivity index (χ3n) is 4.98. The van der Waals surface area contributed by atoms with Crippen LogP contribution < -0.4 is 14.6 Å². The van der Waals surface area contributed by atoms with Gasteiger partial charge in [-0.15, -0.1) is 0 Å². The molecule has 7 nitrogen and oxygen atoms in total. The number of likely N-dealkylation sites (tertiary alicyclic amines) is 1. The fourth-order valence-corrected chi connectivity index (χ4v) is 4.08. The van der Waals surface area contributed by atoms with Gasteiger partial charge in [-0.05, 0) is 29.8 Å². The number of hydrazone groups is 1. The monoisotopic (exact) mass is 415 g/mol. The van der Waals surface area contributed by atoms with Gasteiger partial charge in [-0.2, -0.15) is 5.10 Å². The van der Waals surface area contributed by atoms with Crippen molar-refractivity contribution in [3.05, 3.63) is 65.7 Å². The second kappa shape index (κ2) is 9.19. The van der Waals surface area contributed by atoms with Crippen molar-refractivity contribution in [3.8, 4) is 0 Å². The van der Waals surface area contributed by atoms with Crippen LogP contribution in [0, 0.1) is 0 Å². The number of piperidine rings is 1. The number of carbonyl (C=O) groups is 1. The van der Waals surface area contributed by atoms with E-state index in [0.29, 0.717) is 11.3 Å². The van der Waals surface area contributed by atoms with Crippen LogP contribution in [0.2, 0.25) is 0 Å². The zero-order valence-electron chi connectivity index (χ0n) is 16.8. The van der Waals surface area contributed by atoms with Gasteiger partial charge < -0.3 is 4.90 Å². The Balaban J connectivity index is 1.66. The van der Waals surface area contributed by atoms with Crippen LogP contribution in [0.1, 0.15) is 28.8 Å². The summed E-state index contributed by atoms with van der Waals surface area (Å²) >= 11 is 0. The predicted molar refractivity (Wildman–Crippen MR) is 115 cm³/mol. The number of para-hydroxylation sites is 1. The highest BCUT2D eigenvalue weighted by atomic mass is 32.2. The van der Waals surface area contributed by atoms with E-state index in [4.69, 9.17) is 0 Å². The molecule has 29 heavy (non-hydrogen) atoms. The summed E-state index contributed by atoms with van der Waals surface area (Å²) in [5, 5.41) is 4.25. The number of hydrogen-bond donors (Lipinski definition) is 2. The Kier molecular flexibility index (Phi) is 6.66. The quantitative estimate of drug-likeness (QED) is 0.692. The van der Waals surface area contributed by atoms with Crippen molar-refractivity contribution < 1.29 is 18.1 Å². The Hall–Kier alpha value is -2.71. The van der Waals surface area contributed by atoms with Gasteiger partial charge in [0.2, 0.25) is 10.0 Å². The first-order valence-electron chi connectivity index (χ1n) is 9.62. The molecule has 8 heteroatoms. The molecule has 1 aliphatic heterocycles. The molecule has 1 fully saturated rings. The van der Waals surface area contributed by atoms with Gasteiger partial charge in [0.1, 0.15) is 0 Å². The fourth-order valence-electron chi connectivity index (χ4n) is 3.19. The van der Waals surface area contributed by atoms with Crippen LogP contribution in [0.15, 0.2) is 59.7 Å². The molecule has 0 saturated carbocycles. The summed E-state index contributed by atoms with van der Waals surface area (Å²) in [6.07, 6.45) is 2.98. The number of rotatable bonds is 6. The van der Waals surface area contributed by atoms with E-state index < -0.39 is 10.0 Å². The largest absolute Gasteiger partial charge is 0.337 e. The molecule has 2 aromatic carbocycles. The summed E-state index contributed by atoms with van der Waals surface area (Å²) in [5.74, 6) is -0.265. The molecule has 0 aliphatic carbocycles. The zero-order chi connectivity index (χ0) is 20.9. The Morgan fingerprint density at radius 2 is 1.69 bits per heavy atom. The van der Waals surface area contributed by atoms with Crippen molar-refractivity contribution in [2.75, 3.05) is 30.7 Å². The average molecular weight is 416 g/mol.